The molecule has 0 radical (unpaired) electrons. The lowest BCUT2D eigenvalue weighted by atomic mass is 10.1. The maximum Gasteiger partial charge on any atom is 0.422 e. The van der Waals surface area contributed by atoms with E-state index >= 15 is 0 Å². The standard InChI is InChI=1S/C20H29F3N6O.HI/c1-6-24-19(27-13(2)9-17-14(3)28-29(5)15(17)4)26-11-16-7-8-18(25-10-16)30-12-20(21,22)23;/h7-8,10,13H,6,9,11-12H2,1-5H3,(H2,24,26,27);1H. The lowest BCUT2D eigenvalue weighted by Crippen LogP contribution is -2.43. The molecule has 1 unspecified atom stereocenters. The Morgan fingerprint density at radius 1 is 1.29 bits per heavy atom. The summed E-state index contributed by atoms with van der Waals surface area (Å²) in [5, 5.41) is 11.0. The van der Waals surface area contributed by atoms with Gasteiger partial charge in [-0.05, 0) is 45.2 Å². The second-order valence-electron chi connectivity index (χ2n) is 7.13. The van der Waals surface area contributed by atoms with Crippen molar-refractivity contribution in [2.75, 3.05) is 13.2 Å². The van der Waals surface area contributed by atoms with E-state index in [1.165, 1.54) is 17.8 Å². The van der Waals surface area contributed by atoms with Gasteiger partial charge in [0.15, 0.2) is 12.6 Å². The van der Waals surface area contributed by atoms with Gasteiger partial charge < -0.3 is 15.4 Å². The number of hydrogen-bond donors (Lipinski definition) is 2. The molecular weight excluding hydrogens is 524 g/mol. The Kier molecular flexibility index (Phi) is 10.5. The van der Waals surface area contributed by atoms with Crippen molar-refractivity contribution in [1.82, 2.24) is 25.4 Å². The highest BCUT2D eigenvalue weighted by molar-refractivity contribution is 14.0. The predicted molar refractivity (Wildman–Crippen MR) is 125 cm³/mol. The van der Waals surface area contributed by atoms with E-state index < -0.39 is 12.8 Å². The number of aliphatic imine (C=N–C) groups is 1. The molecule has 11 heteroatoms. The number of halogens is 4. The molecule has 2 aromatic heterocycles. The zero-order valence-corrected chi connectivity index (χ0v) is 20.7. The van der Waals surface area contributed by atoms with Crippen molar-refractivity contribution in [3.8, 4) is 5.88 Å². The zero-order valence-electron chi connectivity index (χ0n) is 18.4. The van der Waals surface area contributed by atoms with Gasteiger partial charge in [0, 0.05) is 37.6 Å². The highest BCUT2D eigenvalue weighted by atomic mass is 127. The molecule has 2 aromatic rings. The van der Waals surface area contributed by atoms with Crippen LogP contribution in [0.5, 0.6) is 5.88 Å². The number of rotatable bonds is 8. The Balaban J connectivity index is 0.00000480. The molecule has 0 fully saturated rings. The fourth-order valence-electron chi connectivity index (χ4n) is 2.94. The summed E-state index contributed by atoms with van der Waals surface area (Å²) in [6.45, 7) is 7.78. The molecule has 31 heavy (non-hydrogen) atoms. The number of aryl methyl sites for hydroxylation is 2. The second-order valence-corrected chi connectivity index (χ2v) is 7.13. The Morgan fingerprint density at radius 2 is 2.00 bits per heavy atom. The van der Waals surface area contributed by atoms with Crippen LogP contribution in [0.1, 0.15) is 36.4 Å². The van der Waals surface area contributed by atoms with Gasteiger partial charge in [-0.1, -0.05) is 6.07 Å². The average Bonchev–Trinajstić information content (AvgIpc) is 2.91. The highest BCUT2D eigenvalue weighted by Crippen LogP contribution is 2.17. The molecule has 2 N–H and O–H groups in total. The monoisotopic (exact) mass is 554 g/mol. The molecule has 2 rings (SSSR count). The highest BCUT2D eigenvalue weighted by Gasteiger charge is 2.28. The minimum absolute atomic E-state index is 0. The predicted octanol–water partition coefficient (Wildman–Crippen LogP) is 3.68. The maximum absolute atomic E-state index is 12.2. The van der Waals surface area contributed by atoms with Gasteiger partial charge in [-0.15, -0.1) is 24.0 Å². The van der Waals surface area contributed by atoms with E-state index in [1.54, 1.807) is 6.07 Å². The molecule has 0 saturated heterocycles. The number of hydrogen-bond acceptors (Lipinski definition) is 4. The van der Waals surface area contributed by atoms with E-state index in [0.29, 0.717) is 19.0 Å². The van der Waals surface area contributed by atoms with E-state index in [-0.39, 0.29) is 35.9 Å². The molecule has 174 valence electrons. The zero-order chi connectivity index (χ0) is 22.3. The topological polar surface area (TPSA) is 76.4 Å². The van der Waals surface area contributed by atoms with Crippen LogP contribution in [0.25, 0.3) is 0 Å². The Labute approximate surface area is 197 Å². The van der Waals surface area contributed by atoms with Crippen LogP contribution in [0.4, 0.5) is 13.2 Å². The summed E-state index contributed by atoms with van der Waals surface area (Å²) in [5.74, 6) is 0.586. The first-order valence-corrected chi connectivity index (χ1v) is 9.77. The number of pyridine rings is 1. The third kappa shape index (κ3) is 8.91. The van der Waals surface area contributed by atoms with Gasteiger partial charge in [0.1, 0.15) is 0 Å². The molecular formula is C20H30F3IN6O. The van der Waals surface area contributed by atoms with Gasteiger partial charge >= 0.3 is 6.18 Å². The number of guanidine groups is 1. The van der Waals surface area contributed by atoms with E-state index in [2.05, 4.69) is 44.3 Å². The van der Waals surface area contributed by atoms with E-state index in [4.69, 9.17) is 0 Å². The van der Waals surface area contributed by atoms with Crippen LogP contribution in [0, 0.1) is 13.8 Å². The number of aromatic nitrogens is 3. The molecule has 0 saturated carbocycles. The minimum atomic E-state index is -4.39. The molecule has 0 aliphatic rings. The minimum Gasteiger partial charge on any atom is -0.468 e. The summed E-state index contributed by atoms with van der Waals surface area (Å²) in [4.78, 5) is 8.45. The Hall–Kier alpha value is -2.05. The summed E-state index contributed by atoms with van der Waals surface area (Å²) in [6, 6.07) is 3.19. The number of nitrogens with zero attached hydrogens (tertiary/aromatic N) is 4. The summed E-state index contributed by atoms with van der Waals surface area (Å²) in [6.07, 6.45) is -2.12. The van der Waals surface area contributed by atoms with Gasteiger partial charge in [0.2, 0.25) is 5.88 Å². The van der Waals surface area contributed by atoms with E-state index in [0.717, 1.165) is 23.4 Å². The van der Waals surface area contributed by atoms with Gasteiger partial charge in [0.05, 0.1) is 12.2 Å². The summed E-state index contributed by atoms with van der Waals surface area (Å²) >= 11 is 0. The van der Waals surface area contributed by atoms with Crippen molar-refractivity contribution in [1.29, 1.82) is 0 Å². The Morgan fingerprint density at radius 3 is 2.52 bits per heavy atom. The number of alkyl halides is 3. The van der Waals surface area contributed by atoms with Gasteiger partial charge in [-0.3, -0.25) is 4.68 Å². The van der Waals surface area contributed by atoms with Crippen LogP contribution in [0.15, 0.2) is 23.3 Å². The van der Waals surface area contributed by atoms with Crippen molar-refractivity contribution < 1.29 is 17.9 Å². The fourth-order valence-corrected chi connectivity index (χ4v) is 2.94. The first-order valence-electron chi connectivity index (χ1n) is 9.77. The van der Waals surface area contributed by atoms with Crippen molar-refractivity contribution in [3.63, 3.8) is 0 Å². The normalized spacial score (nSPS) is 12.8. The van der Waals surface area contributed by atoms with E-state index in [1.807, 2.05) is 25.6 Å². The van der Waals surface area contributed by atoms with Crippen molar-refractivity contribution >= 4 is 29.9 Å². The van der Waals surface area contributed by atoms with Crippen molar-refractivity contribution in [2.24, 2.45) is 12.0 Å². The van der Waals surface area contributed by atoms with E-state index in [9.17, 15) is 13.2 Å². The molecule has 0 bridgehead atoms. The summed E-state index contributed by atoms with van der Waals surface area (Å²) < 4.78 is 43.1. The molecule has 0 aliphatic carbocycles. The second kappa shape index (κ2) is 12.1. The largest absolute Gasteiger partial charge is 0.468 e. The van der Waals surface area contributed by atoms with Crippen molar-refractivity contribution in [3.05, 3.63) is 40.8 Å². The molecule has 2 heterocycles. The number of ether oxygens (including phenoxy) is 1. The molecule has 0 aromatic carbocycles. The van der Waals surface area contributed by atoms with Gasteiger partial charge in [-0.2, -0.15) is 18.3 Å². The molecule has 0 amide bonds. The third-order valence-electron chi connectivity index (χ3n) is 4.50. The third-order valence-corrected chi connectivity index (χ3v) is 4.50. The summed E-state index contributed by atoms with van der Waals surface area (Å²) in [5.41, 5.74) is 4.14. The quantitative estimate of drug-likeness (QED) is 0.296. The molecule has 1 atom stereocenters. The van der Waals surface area contributed by atoms with Crippen LogP contribution in [0.2, 0.25) is 0 Å². The number of nitrogens with one attached hydrogen (secondary N) is 2. The maximum atomic E-state index is 12.2. The lowest BCUT2D eigenvalue weighted by Gasteiger charge is -2.18. The van der Waals surface area contributed by atoms with Gasteiger partial charge in [-0.25, -0.2) is 9.98 Å². The van der Waals surface area contributed by atoms with Crippen LogP contribution in [0.3, 0.4) is 0 Å². The molecule has 0 spiro atoms. The van der Waals surface area contributed by atoms with Crippen LogP contribution in [-0.4, -0.2) is 46.1 Å². The van der Waals surface area contributed by atoms with Crippen LogP contribution >= 0.6 is 24.0 Å². The summed E-state index contributed by atoms with van der Waals surface area (Å²) in [7, 11) is 1.93. The van der Waals surface area contributed by atoms with Crippen LogP contribution in [-0.2, 0) is 20.0 Å². The molecule has 0 aliphatic heterocycles. The molecule has 7 nitrogen and oxygen atoms in total. The smallest absolute Gasteiger partial charge is 0.422 e. The SMILES string of the molecule is CCNC(=NCc1ccc(OCC(F)(F)F)nc1)NC(C)Cc1c(C)nn(C)c1C.I. The lowest BCUT2D eigenvalue weighted by molar-refractivity contribution is -0.154. The fraction of sp³-hybridized carbons (Fsp3) is 0.550. The van der Waals surface area contributed by atoms with Gasteiger partial charge in [0.25, 0.3) is 0 Å². The first-order chi connectivity index (χ1) is 14.1. The first kappa shape index (κ1) is 27.0. The Bertz CT molecular complexity index is 852. The average molecular weight is 554 g/mol. The van der Waals surface area contributed by atoms with Crippen molar-refractivity contribution in [2.45, 2.75) is 52.9 Å². The van der Waals surface area contributed by atoms with Crippen LogP contribution < -0.4 is 15.4 Å².